The first-order valence-electron chi connectivity index (χ1n) is 24.3. The van der Waals surface area contributed by atoms with Crippen molar-refractivity contribution in [3.8, 4) is 44.9 Å². The summed E-state index contributed by atoms with van der Waals surface area (Å²) in [6, 6.07) is 59.9. The van der Waals surface area contributed by atoms with E-state index in [9.17, 15) is 5.48 Å². The minimum Gasteiger partial charge on any atom is -0.455 e. The first kappa shape index (κ1) is 37.0. The highest BCUT2D eigenvalue weighted by Crippen LogP contribution is 2.38. The molecule has 0 aliphatic carbocycles. The van der Waals surface area contributed by atoms with Crippen molar-refractivity contribution < 1.29 is 9.90 Å². The van der Waals surface area contributed by atoms with E-state index in [4.69, 9.17) is 19.4 Å². The Morgan fingerprint density at radius 2 is 0.938 bits per heavy atom. The van der Waals surface area contributed by atoms with E-state index in [1.165, 1.54) is 6.20 Å². The Morgan fingerprint density at radius 3 is 1.51 bits per heavy atom. The van der Waals surface area contributed by atoms with Crippen molar-refractivity contribution in [2.75, 3.05) is 0 Å². The van der Waals surface area contributed by atoms with Crippen molar-refractivity contribution in [2.24, 2.45) is 0 Å². The molecule has 0 saturated carbocycles. The summed E-state index contributed by atoms with van der Waals surface area (Å²) < 4.78 is 46.3. The second-order valence-electron chi connectivity index (χ2n) is 18.3. The Kier molecular flexibility index (Phi) is 10.0. The Bertz CT molecular complexity index is 3310. The minimum atomic E-state index is -2.55. The van der Waals surface area contributed by atoms with E-state index in [0.717, 1.165) is 72.3 Å². The van der Waals surface area contributed by atoms with Crippen LogP contribution in [0.5, 0.6) is 0 Å². The van der Waals surface area contributed by atoms with Gasteiger partial charge in [0.1, 0.15) is 11.2 Å². The fourth-order valence-corrected chi connectivity index (χ4v) is 9.06. The Morgan fingerprint density at radius 1 is 0.431 bits per heavy atom. The maximum atomic E-state index is 9.98. The Labute approximate surface area is 388 Å². The Hall–Kier alpha value is -7.43. The van der Waals surface area contributed by atoms with Gasteiger partial charge in [-0.25, -0.2) is 0 Å². The number of aromatic nitrogens is 3. The van der Waals surface area contributed by atoms with E-state index in [1.54, 1.807) is 0 Å². The average Bonchev–Trinajstić information content (AvgIpc) is 3.76. The summed E-state index contributed by atoms with van der Waals surface area (Å²) >= 11 is 0. The maximum Gasteiger partial charge on any atom is 0.144 e. The van der Waals surface area contributed by atoms with Crippen LogP contribution < -0.4 is 0 Å². The fourth-order valence-electron chi connectivity index (χ4n) is 9.06. The van der Waals surface area contributed by atoms with Crippen LogP contribution in [0.15, 0.2) is 205 Å². The lowest BCUT2D eigenvalue weighted by molar-refractivity contribution is 0.512. The number of pyridine rings is 3. The predicted molar refractivity (Wildman–Crippen MR) is 269 cm³/mol. The van der Waals surface area contributed by atoms with Crippen LogP contribution in [0.1, 0.15) is 66.6 Å². The van der Waals surface area contributed by atoms with Crippen molar-refractivity contribution in [1.82, 2.24) is 15.0 Å². The van der Waals surface area contributed by atoms with Gasteiger partial charge < -0.3 is 4.42 Å². The molecule has 65 heavy (non-hydrogen) atoms. The van der Waals surface area contributed by atoms with E-state index in [-0.39, 0.29) is 11.1 Å². The summed E-state index contributed by atoms with van der Waals surface area (Å²) in [6.07, 6.45) is 1.46. The van der Waals surface area contributed by atoms with Crippen molar-refractivity contribution in [1.29, 1.82) is 0 Å². The molecule has 4 nitrogen and oxygen atoms in total. The molecule has 318 valence electrons. The first-order valence-corrected chi connectivity index (χ1v) is 22.3. The van der Waals surface area contributed by atoms with Gasteiger partial charge in [0.25, 0.3) is 0 Å². The highest BCUT2D eigenvalue weighted by molar-refractivity contribution is 6.09. The average molecular weight is 848 g/mol. The third-order valence-corrected chi connectivity index (χ3v) is 12.6. The van der Waals surface area contributed by atoms with Crippen LogP contribution in [-0.2, 0) is 36.4 Å². The summed E-state index contributed by atoms with van der Waals surface area (Å²) in [6.45, 7) is 8.73. The summed E-state index contributed by atoms with van der Waals surface area (Å²) in [7, 11) is 0. The van der Waals surface area contributed by atoms with Gasteiger partial charge in [-0.3, -0.25) is 15.0 Å². The zero-order valence-electron chi connectivity index (χ0n) is 41.2. The molecule has 0 aliphatic rings. The molecule has 0 aliphatic heterocycles. The fraction of sp³-hybridized carbons (Fsp3) is 0.164. The summed E-state index contributed by atoms with van der Waals surface area (Å²) in [5.41, 5.74) is 11.6. The molecule has 10 aromatic rings. The standard InChI is InChI=1S/C61H53N3O/c1-60(2,49-29-31-55(63-40-49)46-19-10-6-11-20-46)37-43-33-42(34-44(35-43)38-61(3,4)50-30-32-56(64-41-50)47-21-12-7-13-22-47)27-28-48-39-62-57(36-54(48)45-17-8-5-9-18-45)53-25-16-24-52-51-23-14-15-26-58(51)65-59(52)53/h5-26,29-36,39-41H,27-28,37-38H2,1-4H3/i27D2,28D2. The molecule has 4 aromatic heterocycles. The van der Waals surface area contributed by atoms with Gasteiger partial charge in [-0.1, -0.05) is 179 Å². The van der Waals surface area contributed by atoms with Gasteiger partial charge in [-0.15, -0.1) is 0 Å². The first-order chi connectivity index (χ1) is 33.2. The second kappa shape index (κ2) is 17.6. The number of aryl methyl sites for hydroxylation is 2. The molecule has 0 spiro atoms. The topological polar surface area (TPSA) is 51.8 Å². The number of benzene rings is 6. The van der Waals surface area contributed by atoms with Gasteiger partial charge in [0.05, 0.1) is 17.1 Å². The van der Waals surface area contributed by atoms with Gasteiger partial charge in [-0.05, 0) is 111 Å². The normalized spacial score (nSPS) is 13.3. The molecule has 0 atom stereocenters. The number of fused-ring (bicyclic) bond motifs is 3. The van der Waals surface area contributed by atoms with Crippen LogP contribution >= 0.6 is 0 Å². The molecule has 6 aromatic carbocycles. The third kappa shape index (κ3) is 8.90. The molecule has 0 radical (unpaired) electrons. The quantitative estimate of drug-likeness (QED) is 0.116. The molecular formula is C61H53N3O. The molecule has 0 bridgehead atoms. The lowest BCUT2D eigenvalue weighted by atomic mass is 9.77. The lowest BCUT2D eigenvalue weighted by Gasteiger charge is -2.28. The summed E-state index contributed by atoms with van der Waals surface area (Å²) in [4.78, 5) is 14.6. The molecule has 10 rings (SSSR count). The van der Waals surface area contributed by atoms with E-state index in [2.05, 4.69) is 82.3 Å². The highest BCUT2D eigenvalue weighted by Gasteiger charge is 2.26. The van der Waals surface area contributed by atoms with E-state index < -0.39 is 23.6 Å². The van der Waals surface area contributed by atoms with Crippen LogP contribution in [0, 0.1) is 0 Å². The number of furan rings is 1. The van der Waals surface area contributed by atoms with Crippen LogP contribution in [0.4, 0.5) is 0 Å². The summed E-state index contributed by atoms with van der Waals surface area (Å²) in [5, 5.41) is 1.97. The SMILES string of the molecule is [2H]C([2H])(c1cc(CC(C)(C)c2ccc(-c3ccccc3)nc2)cc(CC(C)(C)c2ccc(-c3ccccc3)nc2)c1)C([2H])([2H])c1cnc(-c2cccc3c2oc2ccccc23)cc1-c1ccccc1. The van der Waals surface area contributed by atoms with E-state index in [1.807, 2.05) is 140 Å². The number of nitrogens with zero attached hydrogens (tertiary/aromatic N) is 3. The zero-order valence-corrected chi connectivity index (χ0v) is 37.2. The monoisotopic (exact) mass is 847 g/mol. The molecule has 0 N–H and O–H groups in total. The van der Waals surface area contributed by atoms with E-state index in [0.29, 0.717) is 29.7 Å². The largest absolute Gasteiger partial charge is 0.455 e. The number of hydrogen-bond acceptors (Lipinski definition) is 4. The molecule has 0 unspecified atom stereocenters. The lowest BCUT2D eigenvalue weighted by Crippen LogP contribution is -2.23. The Balaban J connectivity index is 1.05. The summed E-state index contributed by atoms with van der Waals surface area (Å²) in [5.74, 6) is 0. The van der Waals surface area contributed by atoms with E-state index >= 15 is 0 Å². The minimum absolute atomic E-state index is 0.154. The molecule has 0 saturated heterocycles. The number of hydrogen-bond donors (Lipinski definition) is 0. The maximum absolute atomic E-state index is 9.98. The van der Waals surface area contributed by atoms with Crippen molar-refractivity contribution in [3.63, 3.8) is 0 Å². The van der Waals surface area contributed by atoms with Gasteiger partial charge in [-0.2, -0.15) is 0 Å². The van der Waals surface area contributed by atoms with Gasteiger partial charge in [0.15, 0.2) is 0 Å². The van der Waals surface area contributed by atoms with Gasteiger partial charge >= 0.3 is 0 Å². The van der Waals surface area contributed by atoms with Crippen molar-refractivity contribution >= 4 is 21.9 Å². The predicted octanol–water partition coefficient (Wildman–Crippen LogP) is 15.3. The second-order valence-corrected chi connectivity index (χ2v) is 18.3. The number of rotatable bonds is 13. The smallest absolute Gasteiger partial charge is 0.144 e. The highest BCUT2D eigenvalue weighted by atomic mass is 16.3. The zero-order chi connectivity index (χ0) is 48.0. The van der Waals surface area contributed by atoms with Crippen molar-refractivity contribution in [2.45, 2.75) is 64.1 Å². The van der Waals surface area contributed by atoms with Gasteiger partial charge in [0.2, 0.25) is 0 Å². The number of para-hydroxylation sites is 2. The molecule has 0 amide bonds. The molecule has 4 heteroatoms. The van der Waals surface area contributed by atoms with Crippen molar-refractivity contribution in [3.05, 3.63) is 234 Å². The third-order valence-electron chi connectivity index (χ3n) is 12.6. The van der Waals surface area contributed by atoms with Crippen LogP contribution in [0.3, 0.4) is 0 Å². The van der Waals surface area contributed by atoms with Gasteiger partial charge in [0, 0.05) is 51.5 Å². The molecule has 0 fully saturated rings. The molecular weight excluding hydrogens is 791 g/mol. The van der Waals surface area contributed by atoms with Crippen LogP contribution in [0.2, 0.25) is 0 Å². The van der Waals surface area contributed by atoms with Crippen LogP contribution in [0.25, 0.3) is 66.8 Å². The molecule has 4 heterocycles. The van der Waals surface area contributed by atoms with Crippen LogP contribution in [-0.4, -0.2) is 15.0 Å².